The standard InChI is InChI=1S/C26H35N3O2/c1-3-29(4-2)26(31)23(28-25(30)21-15-9-6-10-16-21)17-11-12-18-27-24-19-22(24)20-13-7-5-8-14-20/h5-10,13-16,22-24,27H,3-4,11-12,17-19H2,1-2H3,(H,28,30)/t22-,23?,24+/m0/s1. The van der Waals surface area contributed by atoms with E-state index < -0.39 is 6.04 Å². The summed E-state index contributed by atoms with van der Waals surface area (Å²) < 4.78 is 0. The quantitative estimate of drug-likeness (QED) is 0.510. The summed E-state index contributed by atoms with van der Waals surface area (Å²) in [6.07, 6.45) is 3.73. The van der Waals surface area contributed by atoms with E-state index in [1.807, 2.05) is 32.0 Å². The van der Waals surface area contributed by atoms with Gasteiger partial charge >= 0.3 is 0 Å². The van der Waals surface area contributed by atoms with Crippen molar-refractivity contribution in [1.29, 1.82) is 0 Å². The Morgan fingerprint density at radius 1 is 0.968 bits per heavy atom. The summed E-state index contributed by atoms with van der Waals surface area (Å²) in [5.74, 6) is 0.449. The first-order chi connectivity index (χ1) is 15.1. The number of unbranched alkanes of at least 4 members (excludes halogenated alkanes) is 1. The molecular formula is C26H35N3O2. The first-order valence-electron chi connectivity index (χ1n) is 11.6. The number of likely N-dealkylation sites (N-methyl/N-ethyl adjacent to an activating group) is 1. The molecule has 2 amide bonds. The highest BCUT2D eigenvalue weighted by atomic mass is 16.2. The predicted octanol–water partition coefficient (Wildman–Crippen LogP) is 3.97. The van der Waals surface area contributed by atoms with Crippen molar-refractivity contribution in [2.24, 2.45) is 0 Å². The number of nitrogens with one attached hydrogen (secondary N) is 2. The van der Waals surface area contributed by atoms with Crippen molar-refractivity contribution < 1.29 is 9.59 Å². The third-order valence-electron chi connectivity index (χ3n) is 6.06. The summed E-state index contributed by atoms with van der Waals surface area (Å²) in [4.78, 5) is 27.4. The van der Waals surface area contributed by atoms with Gasteiger partial charge in [0, 0.05) is 30.6 Å². The number of carbonyl (C=O) groups is 2. The number of benzene rings is 2. The van der Waals surface area contributed by atoms with Gasteiger partial charge in [-0.1, -0.05) is 48.5 Å². The Hall–Kier alpha value is -2.66. The van der Waals surface area contributed by atoms with Crippen molar-refractivity contribution in [3.8, 4) is 0 Å². The molecule has 0 radical (unpaired) electrons. The molecule has 5 nitrogen and oxygen atoms in total. The van der Waals surface area contributed by atoms with E-state index >= 15 is 0 Å². The van der Waals surface area contributed by atoms with Crippen LogP contribution in [0.3, 0.4) is 0 Å². The smallest absolute Gasteiger partial charge is 0.251 e. The molecule has 2 aromatic carbocycles. The van der Waals surface area contributed by atoms with Gasteiger partial charge in [0.05, 0.1) is 0 Å². The van der Waals surface area contributed by atoms with Gasteiger partial charge in [-0.3, -0.25) is 9.59 Å². The number of hydrogen-bond donors (Lipinski definition) is 2. The second-order valence-electron chi connectivity index (χ2n) is 8.21. The SMILES string of the molecule is CCN(CC)C(=O)C(CCCCN[C@@H]1C[C@H]1c1ccccc1)NC(=O)c1ccccc1. The molecule has 1 saturated carbocycles. The van der Waals surface area contributed by atoms with Crippen molar-refractivity contribution in [3.63, 3.8) is 0 Å². The van der Waals surface area contributed by atoms with Crippen LogP contribution in [0.15, 0.2) is 60.7 Å². The van der Waals surface area contributed by atoms with E-state index in [0.717, 1.165) is 19.4 Å². The van der Waals surface area contributed by atoms with Crippen molar-refractivity contribution >= 4 is 11.8 Å². The van der Waals surface area contributed by atoms with E-state index in [4.69, 9.17) is 0 Å². The molecule has 0 heterocycles. The van der Waals surface area contributed by atoms with Crippen LogP contribution < -0.4 is 10.6 Å². The third kappa shape index (κ3) is 6.66. The number of hydrogen-bond acceptors (Lipinski definition) is 3. The molecule has 31 heavy (non-hydrogen) atoms. The maximum absolute atomic E-state index is 12.9. The summed E-state index contributed by atoms with van der Waals surface area (Å²) in [6, 6.07) is 19.8. The molecule has 2 aromatic rings. The summed E-state index contributed by atoms with van der Waals surface area (Å²) in [6.45, 7) is 6.18. The lowest BCUT2D eigenvalue weighted by Crippen LogP contribution is -2.48. The molecule has 1 aliphatic rings. The molecule has 1 aliphatic carbocycles. The summed E-state index contributed by atoms with van der Waals surface area (Å²) in [5.41, 5.74) is 2.00. The Labute approximate surface area is 186 Å². The zero-order valence-corrected chi connectivity index (χ0v) is 18.7. The van der Waals surface area contributed by atoms with Gasteiger partial charge in [-0.15, -0.1) is 0 Å². The maximum Gasteiger partial charge on any atom is 0.251 e. The first kappa shape index (κ1) is 23.0. The van der Waals surface area contributed by atoms with Crippen LogP contribution in [-0.4, -0.2) is 48.4 Å². The average molecular weight is 422 g/mol. The van der Waals surface area contributed by atoms with E-state index in [1.165, 1.54) is 12.0 Å². The summed E-state index contributed by atoms with van der Waals surface area (Å²) in [7, 11) is 0. The minimum Gasteiger partial charge on any atom is -0.341 e. The Balaban J connectivity index is 1.45. The van der Waals surface area contributed by atoms with Crippen LogP contribution in [0.1, 0.15) is 61.4 Å². The molecule has 1 fully saturated rings. The van der Waals surface area contributed by atoms with E-state index in [-0.39, 0.29) is 11.8 Å². The molecule has 3 rings (SSSR count). The molecule has 0 saturated heterocycles. The zero-order valence-electron chi connectivity index (χ0n) is 18.7. The van der Waals surface area contributed by atoms with E-state index in [9.17, 15) is 9.59 Å². The first-order valence-corrected chi connectivity index (χ1v) is 11.6. The highest BCUT2D eigenvalue weighted by Crippen LogP contribution is 2.40. The van der Waals surface area contributed by atoms with Crippen LogP contribution in [0.25, 0.3) is 0 Å². The summed E-state index contributed by atoms with van der Waals surface area (Å²) in [5, 5.41) is 6.61. The molecule has 5 heteroatoms. The van der Waals surface area contributed by atoms with Crippen molar-refractivity contribution in [2.45, 2.75) is 57.5 Å². The van der Waals surface area contributed by atoms with Gasteiger partial charge in [-0.25, -0.2) is 0 Å². The number of rotatable bonds is 12. The predicted molar refractivity (Wildman–Crippen MR) is 125 cm³/mol. The molecule has 166 valence electrons. The molecule has 1 unspecified atom stereocenters. The summed E-state index contributed by atoms with van der Waals surface area (Å²) >= 11 is 0. The largest absolute Gasteiger partial charge is 0.341 e. The van der Waals surface area contributed by atoms with E-state index in [1.54, 1.807) is 17.0 Å². The number of carbonyl (C=O) groups excluding carboxylic acids is 2. The fourth-order valence-electron chi connectivity index (χ4n) is 4.09. The van der Waals surface area contributed by atoms with Gasteiger partial charge in [-0.05, 0) is 63.8 Å². The van der Waals surface area contributed by atoms with Gasteiger partial charge in [0.1, 0.15) is 6.04 Å². The molecule has 0 aliphatic heterocycles. The van der Waals surface area contributed by atoms with Crippen molar-refractivity contribution in [3.05, 3.63) is 71.8 Å². The van der Waals surface area contributed by atoms with Gasteiger partial charge in [0.2, 0.25) is 5.91 Å². The van der Waals surface area contributed by atoms with Gasteiger partial charge < -0.3 is 15.5 Å². The molecular weight excluding hydrogens is 386 g/mol. The van der Waals surface area contributed by atoms with Crippen LogP contribution in [0, 0.1) is 0 Å². The highest BCUT2D eigenvalue weighted by Gasteiger charge is 2.37. The lowest BCUT2D eigenvalue weighted by molar-refractivity contribution is -0.133. The van der Waals surface area contributed by atoms with Crippen LogP contribution in [0.4, 0.5) is 0 Å². The van der Waals surface area contributed by atoms with E-state index in [2.05, 4.69) is 41.0 Å². The van der Waals surface area contributed by atoms with Crippen molar-refractivity contribution in [1.82, 2.24) is 15.5 Å². The second kappa shape index (κ2) is 11.7. The maximum atomic E-state index is 12.9. The Morgan fingerprint density at radius 2 is 1.61 bits per heavy atom. The zero-order chi connectivity index (χ0) is 22.1. The molecule has 3 atom stereocenters. The Morgan fingerprint density at radius 3 is 2.26 bits per heavy atom. The fraction of sp³-hybridized carbons (Fsp3) is 0.462. The number of nitrogens with zero attached hydrogens (tertiary/aromatic N) is 1. The minimum absolute atomic E-state index is 0.00794. The Kier molecular flexibility index (Phi) is 8.65. The molecule has 0 spiro atoms. The van der Waals surface area contributed by atoms with Gasteiger partial charge in [-0.2, -0.15) is 0 Å². The van der Waals surface area contributed by atoms with Crippen LogP contribution >= 0.6 is 0 Å². The highest BCUT2D eigenvalue weighted by molar-refractivity contribution is 5.97. The number of amides is 2. The van der Waals surface area contributed by atoms with Gasteiger partial charge in [0.25, 0.3) is 5.91 Å². The van der Waals surface area contributed by atoms with E-state index in [0.29, 0.717) is 37.0 Å². The van der Waals surface area contributed by atoms with Crippen LogP contribution in [0.2, 0.25) is 0 Å². The molecule has 0 bridgehead atoms. The average Bonchev–Trinajstić information content (AvgIpc) is 3.59. The normalized spacial score (nSPS) is 18.3. The Bertz CT molecular complexity index is 821. The molecule has 2 N–H and O–H groups in total. The minimum atomic E-state index is -0.481. The monoisotopic (exact) mass is 421 g/mol. The fourth-order valence-corrected chi connectivity index (χ4v) is 4.09. The topological polar surface area (TPSA) is 61.4 Å². The molecule has 0 aromatic heterocycles. The van der Waals surface area contributed by atoms with Crippen molar-refractivity contribution in [2.75, 3.05) is 19.6 Å². The second-order valence-corrected chi connectivity index (χ2v) is 8.21. The lowest BCUT2D eigenvalue weighted by atomic mass is 10.1. The van der Waals surface area contributed by atoms with Gasteiger partial charge in [0.15, 0.2) is 0 Å². The lowest BCUT2D eigenvalue weighted by Gasteiger charge is -2.26. The van der Waals surface area contributed by atoms with Crippen LogP contribution in [0.5, 0.6) is 0 Å². The third-order valence-corrected chi connectivity index (χ3v) is 6.06. The van der Waals surface area contributed by atoms with Crippen LogP contribution in [-0.2, 0) is 4.79 Å².